The van der Waals surface area contributed by atoms with Crippen molar-refractivity contribution in [3.63, 3.8) is 0 Å². The van der Waals surface area contributed by atoms with Gasteiger partial charge in [-0.25, -0.2) is 8.42 Å². The molecule has 0 unspecified atom stereocenters. The minimum atomic E-state index is -3.59. The summed E-state index contributed by atoms with van der Waals surface area (Å²) in [6.45, 7) is 1.95. The molecule has 0 amide bonds. The van der Waals surface area contributed by atoms with E-state index < -0.39 is 10.0 Å². The molecule has 116 valence electrons. The van der Waals surface area contributed by atoms with Crippen molar-refractivity contribution in [1.29, 1.82) is 0 Å². The number of hydrogen-bond donors (Lipinski definition) is 1. The van der Waals surface area contributed by atoms with E-state index in [4.69, 9.17) is 0 Å². The van der Waals surface area contributed by atoms with Crippen LogP contribution in [0.2, 0.25) is 0 Å². The van der Waals surface area contributed by atoms with Gasteiger partial charge in [0.25, 0.3) is 10.0 Å². The molecular formula is C18H16N2O2S. The van der Waals surface area contributed by atoms with Crippen LogP contribution in [0.4, 0.5) is 5.69 Å². The normalized spacial score (nSPS) is 11.2. The molecule has 0 saturated heterocycles. The van der Waals surface area contributed by atoms with Gasteiger partial charge in [0.2, 0.25) is 0 Å². The standard InChI is InChI=1S/C18H16N2O2S/c1-14-2-6-17(7-3-14)20-23(21,22)18-8-4-15(5-9-18)16-10-12-19-13-11-16/h2-13,20H,1H3. The largest absolute Gasteiger partial charge is 0.280 e. The number of aryl methyl sites for hydroxylation is 1. The van der Waals surface area contributed by atoms with Gasteiger partial charge < -0.3 is 0 Å². The van der Waals surface area contributed by atoms with Crippen LogP contribution in [0, 0.1) is 6.92 Å². The lowest BCUT2D eigenvalue weighted by Crippen LogP contribution is -2.12. The van der Waals surface area contributed by atoms with Crippen LogP contribution in [0.5, 0.6) is 0 Å². The van der Waals surface area contributed by atoms with Crippen molar-refractivity contribution >= 4 is 15.7 Å². The molecule has 5 heteroatoms. The number of pyridine rings is 1. The summed E-state index contributed by atoms with van der Waals surface area (Å²) in [4.78, 5) is 4.21. The zero-order valence-corrected chi connectivity index (χ0v) is 13.4. The van der Waals surface area contributed by atoms with Gasteiger partial charge in [-0.2, -0.15) is 0 Å². The highest BCUT2D eigenvalue weighted by atomic mass is 32.2. The van der Waals surface area contributed by atoms with E-state index in [1.54, 1.807) is 48.8 Å². The fraction of sp³-hybridized carbons (Fsp3) is 0.0556. The zero-order valence-electron chi connectivity index (χ0n) is 12.6. The topological polar surface area (TPSA) is 59.1 Å². The molecule has 23 heavy (non-hydrogen) atoms. The lowest BCUT2D eigenvalue weighted by atomic mass is 10.1. The summed E-state index contributed by atoms with van der Waals surface area (Å²) in [5, 5.41) is 0. The summed E-state index contributed by atoms with van der Waals surface area (Å²) in [7, 11) is -3.59. The van der Waals surface area contributed by atoms with Gasteiger partial charge in [0.15, 0.2) is 0 Å². The molecule has 2 aromatic carbocycles. The van der Waals surface area contributed by atoms with E-state index in [9.17, 15) is 8.42 Å². The van der Waals surface area contributed by atoms with Gasteiger partial charge in [-0.05, 0) is 54.4 Å². The second-order valence-electron chi connectivity index (χ2n) is 5.23. The summed E-state index contributed by atoms with van der Waals surface area (Å²) in [6.07, 6.45) is 3.41. The summed E-state index contributed by atoms with van der Waals surface area (Å²) in [5.41, 5.74) is 3.57. The van der Waals surface area contributed by atoms with Crippen molar-refractivity contribution in [2.24, 2.45) is 0 Å². The molecule has 0 fully saturated rings. The first kappa shape index (κ1) is 15.2. The minimum absolute atomic E-state index is 0.232. The third kappa shape index (κ3) is 3.57. The first-order valence-corrected chi connectivity index (χ1v) is 8.63. The SMILES string of the molecule is Cc1ccc(NS(=O)(=O)c2ccc(-c3ccncc3)cc2)cc1. The number of nitrogens with zero attached hydrogens (tertiary/aromatic N) is 1. The lowest BCUT2D eigenvalue weighted by molar-refractivity contribution is 0.601. The van der Waals surface area contributed by atoms with Gasteiger partial charge in [-0.3, -0.25) is 9.71 Å². The maximum atomic E-state index is 12.4. The number of anilines is 1. The highest BCUT2D eigenvalue weighted by Gasteiger charge is 2.14. The maximum Gasteiger partial charge on any atom is 0.261 e. The lowest BCUT2D eigenvalue weighted by Gasteiger charge is -2.09. The average molecular weight is 324 g/mol. The van der Waals surface area contributed by atoms with Crippen LogP contribution in [0.1, 0.15) is 5.56 Å². The molecule has 0 atom stereocenters. The van der Waals surface area contributed by atoms with Gasteiger partial charge in [0.05, 0.1) is 4.90 Å². The van der Waals surface area contributed by atoms with E-state index in [-0.39, 0.29) is 4.90 Å². The summed E-state index contributed by atoms with van der Waals surface area (Å²) in [5.74, 6) is 0. The van der Waals surface area contributed by atoms with Gasteiger partial charge in [0.1, 0.15) is 0 Å². The molecule has 0 bridgehead atoms. The van der Waals surface area contributed by atoms with Crippen molar-refractivity contribution in [2.75, 3.05) is 4.72 Å². The molecular weight excluding hydrogens is 308 g/mol. The molecule has 1 heterocycles. The van der Waals surface area contributed by atoms with E-state index in [1.165, 1.54) is 0 Å². The van der Waals surface area contributed by atoms with Crippen LogP contribution >= 0.6 is 0 Å². The Morgan fingerprint density at radius 1 is 0.783 bits per heavy atom. The monoisotopic (exact) mass is 324 g/mol. The van der Waals surface area contributed by atoms with Crippen LogP contribution in [0.15, 0.2) is 78.0 Å². The summed E-state index contributed by atoms with van der Waals surface area (Å²) < 4.78 is 27.4. The first-order valence-electron chi connectivity index (χ1n) is 7.14. The predicted octanol–water partition coefficient (Wildman–Crippen LogP) is 3.86. The number of hydrogen-bond acceptors (Lipinski definition) is 3. The highest BCUT2D eigenvalue weighted by Crippen LogP contribution is 2.22. The summed E-state index contributed by atoms with van der Waals surface area (Å²) >= 11 is 0. The maximum absolute atomic E-state index is 12.4. The van der Waals surface area contributed by atoms with Gasteiger partial charge in [-0.15, -0.1) is 0 Å². The zero-order chi connectivity index (χ0) is 16.3. The predicted molar refractivity (Wildman–Crippen MR) is 91.7 cm³/mol. The second-order valence-corrected chi connectivity index (χ2v) is 6.91. The van der Waals surface area contributed by atoms with Gasteiger partial charge in [0, 0.05) is 18.1 Å². The quantitative estimate of drug-likeness (QED) is 0.793. The average Bonchev–Trinajstić information content (AvgIpc) is 2.58. The molecule has 3 aromatic rings. The van der Waals surface area contributed by atoms with Gasteiger partial charge in [-0.1, -0.05) is 29.8 Å². The number of rotatable bonds is 4. The van der Waals surface area contributed by atoms with Crippen LogP contribution in [-0.2, 0) is 10.0 Å². The van der Waals surface area contributed by atoms with E-state index in [2.05, 4.69) is 9.71 Å². The Bertz CT molecular complexity index is 888. The van der Waals surface area contributed by atoms with Crippen LogP contribution in [-0.4, -0.2) is 13.4 Å². The van der Waals surface area contributed by atoms with Gasteiger partial charge >= 0.3 is 0 Å². The molecule has 0 aliphatic rings. The Morgan fingerprint density at radius 3 is 1.96 bits per heavy atom. The minimum Gasteiger partial charge on any atom is -0.280 e. The fourth-order valence-corrected chi connectivity index (χ4v) is 3.27. The van der Waals surface area contributed by atoms with E-state index in [0.29, 0.717) is 5.69 Å². The van der Waals surface area contributed by atoms with Crippen LogP contribution in [0.3, 0.4) is 0 Å². The molecule has 1 aromatic heterocycles. The van der Waals surface area contributed by atoms with E-state index in [0.717, 1.165) is 16.7 Å². The number of benzene rings is 2. The molecule has 1 N–H and O–H groups in total. The van der Waals surface area contributed by atoms with Crippen molar-refractivity contribution in [1.82, 2.24) is 4.98 Å². The molecule has 0 spiro atoms. The Kier molecular flexibility index (Phi) is 4.12. The Hall–Kier alpha value is -2.66. The van der Waals surface area contributed by atoms with E-state index >= 15 is 0 Å². The molecule has 0 aliphatic heterocycles. The number of aromatic nitrogens is 1. The molecule has 0 aliphatic carbocycles. The van der Waals surface area contributed by atoms with E-state index in [1.807, 2.05) is 31.2 Å². The molecule has 0 saturated carbocycles. The smallest absolute Gasteiger partial charge is 0.261 e. The fourth-order valence-electron chi connectivity index (χ4n) is 2.21. The molecule has 3 rings (SSSR count). The van der Waals surface area contributed by atoms with Crippen molar-refractivity contribution in [3.8, 4) is 11.1 Å². The molecule has 4 nitrogen and oxygen atoms in total. The molecule has 0 radical (unpaired) electrons. The second kappa shape index (κ2) is 6.22. The Labute approximate surface area is 135 Å². The Morgan fingerprint density at radius 2 is 1.35 bits per heavy atom. The van der Waals surface area contributed by atoms with Crippen LogP contribution < -0.4 is 4.72 Å². The Balaban J connectivity index is 1.84. The van der Waals surface area contributed by atoms with Crippen molar-refractivity contribution in [2.45, 2.75) is 11.8 Å². The third-order valence-electron chi connectivity index (χ3n) is 3.48. The first-order chi connectivity index (χ1) is 11.0. The van der Waals surface area contributed by atoms with Crippen molar-refractivity contribution in [3.05, 3.63) is 78.6 Å². The highest BCUT2D eigenvalue weighted by molar-refractivity contribution is 7.92. The summed E-state index contributed by atoms with van der Waals surface area (Å²) in [6, 6.07) is 17.8. The number of sulfonamides is 1. The number of nitrogens with one attached hydrogen (secondary N) is 1. The van der Waals surface area contributed by atoms with Crippen LogP contribution in [0.25, 0.3) is 11.1 Å². The van der Waals surface area contributed by atoms with Crippen molar-refractivity contribution < 1.29 is 8.42 Å². The third-order valence-corrected chi connectivity index (χ3v) is 4.88.